The quantitative estimate of drug-likeness (QED) is 0.506. The molecule has 0 radical (unpaired) electrons. The zero-order valence-corrected chi connectivity index (χ0v) is 12.7. The van der Waals surface area contributed by atoms with E-state index in [2.05, 4.69) is 32.6 Å². The van der Waals surface area contributed by atoms with E-state index in [-0.39, 0.29) is 0 Å². The smallest absolute Gasteiger partial charge is 0.193 e. The van der Waals surface area contributed by atoms with Crippen LogP contribution in [0.5, 0.6) is 0 Å². The normalized spacial score (nSPS) is 19.2. The van der Waals surface area contributed by atoms with Crippen molar-refractivity contribution in [1.29, 1.82) is 0 Å². The molecule has 0 aliphatic heterocycles. The first-order valence-corrected chi connectivity index (χ1v) is 8.60. The number of hydrogen-bond acceptors (Lipinski definition) is 4. The number of nitrogens with one attached hydrogen (secondary N) is 1. The molecule has 2 heterocycles. The van der Waals surface area contributed by atoms with Crippen LogP contribution in [0.15, 0.2) is 17.8 Å². The van der Waals surface area contributed by atoms with Crippen molar-refractivity contribution in [3.8, 4) is 0 Å². The van der Waals surface area contributed by atoms with Crippen LogP contribution in [0.3, 0.4) is 0 Å². The van der Waals surface area contributed by atoms with Gasteiger partial charge >= 0.3 is 0 Å². The van der Waals surface area contributed by atoms with Crippen molar-refractivity contribution in [3.05, 3.63) is 23.5 Å². The van der Waals surface area contributed by atoms with Gasteiger partial charge < -0.3 is 0 Å². The molecule has 1 fully saturated rings. The number of nitrogens with two attached hydrogens (primary N) is 1. The van der Waals surface area contributed by atoms with Gasteiger partial charge in [0.05, 0.1) is 5.69 Å². The number of hydrogen-bond donors (Lipinski definition) is 2. The van der Waals surface area contributed by atoms with Gasteiger partial charge in [0.25, 0.3) is 0 Å². The molecule has 20 heavy (non-hydrogen) atoms. The maximum absolute atomic E-state index is 5.76. The van der Waals surface area contributed by atoms with E-state index < -0.39 is 0 Å². The molecule has 0 aromatic carbocycles. The standard InChI is InChI=1S/C15H24N4S/c16-18-13(9-12-5-3-1-2-4-6-12)10-14-11-19-7-8-20-15(19)17-14/h7-8,11-13,18H,1-6,9-10,16H2. The van der Waals surface area contributed by atoms with Gasteiger partial charge in [0, 0.05) is 30.2 Å². The lowest BCUT2D eigenvalue weighted by Gasteiger charge is -2.21. The molecule has 1 unspecified atom stereocenters. The van der Waals surface area contributed by atoms with Crippen LogP contribution in [-0.2, 0) is 6.42 Å². The summed E-state index contributed by atoms with van der Waals surface area (Å²) in [5.74, 6) is 6.60. The van der Waals surface area contributed by atoms with E-state index >= 15 is 0 Å². The number of aromatic nitrogens is 2. The zero-order valence-electron chi connectivity index (χ0n) is 11.9. The Labute approximate surface area is 124 Å². The second-order valence-electron chi connectivity index (χ2n) is 5.99. The molecule has 2 aromatic rings. The molecule has 0 amide bonds. The summed E-state index contributed by atoms with van der Waals surface area (Å²) in [5.41, 5.74) is 4.16. The summed E-state index contributed by atoms with van der Waals surface area (Å²) in [6, 6.07) is 0.350. The second-order valence-corrected chi connectivity index (χ2v) is 6.86. The zero-order chi connectivity index (χ0) is 13.8. The Morgan fingerprint density at radius 2 is 2.15 bits per heavy atom. The molecule has 1 aliphatic carbocycles. The van der Waals surface area contributed by atoms with Gasteiger partial charge in [-0.2, -0.15) is 0 Å². The Bertz CT molecular complexity index is 496. The molecule has 4 nitrogen and oxygen atoms in total. The molecule has 0 spiro atoms. The minimum Gasteiger partial charge on any atom is -0.297 e. The van der Waals surface area contributed by atoms with E-state index in [0.29, 0.717) is 6.04 Å². The second kappa shape index (κ2) is 6.70. The third kappa shape index (κ3) is 3.40. The van der Waals surface area contributed by atoms with E-state index in [0.717, 1.165) is 23.0 Å². The van der Waals surface area contributed by atoms with Crippen LogP contribution in [0, 0.1) is 5.92 Å². The van der Waals surface area contributed by atoms with E-state index in [1.165, 1.54) is 44.9 Å². The monoisotopic (exact) mass is 292 g/mol. The highest BCUT2D eigenvalue weighted by molar-refractivity contribution is 7.15. The van der Waals surface area contributed by atoms with Crippen LogP contribution in [-0.4, -0.2) is 15.4 Å². The van der Waals surface area contributed by atoms with Crippen LogP contribution < -0.4 is 11.3 Å². The summed E-state index contributed by atoms with van der Waals surface area (Å²) in [7, 11) is 0. The minimum absolute atomic E-state index is 0.350. The molecule has 3 N–H and O–H groups in total. The molecule has 1 aliphatic rings. The lowest BCUT2D eigenvalue weighted by molar-refractivity contribution is 0.351. The highest BCUT2D eigenvalue weighted by Gasteiger charge is 2.18. The number of nitrogens with zero attached hydrogens (tertiary/aromatic N) is 2. The fourth-order valence-corrected chi connectivity index (χ4v) is 4.06. The van der Waals surface area contributed by atoms with Crippen LogP contribution in [0.2, 0.25) is 0 Å². The maximum atomic E-state index is 5.76. The molecular formula is C15H24N4S. The van der Waals surface area contributed by atoms with Crippen LogP contribution in [0.25, 0.3) is 4.96 Å². The minimum atomic E-state index is 0.350. The van der Waals surface area contributed by atoms with Crippen molar-refractivity contribution in [3.63, 3.8) is 0 Å². The summed E-state index contributed by atoms with van der Waals surface area (Å²) >= 11 is 1.68. The maximum Gasteiger partial charge on any atom is 0.193 e. The molecule has 0 saturated heterocycles. The van der Waals surface area contributed by atoms with E-state index in [9.17, 15) is 0 Å². The van der Waals surface area contributed by atoms with Gasteiger partial charge in [-0.15, -0.1) is 11.3 Å². The lowest BCUT2D eigenvalue weighted by atomic mass is 9.91. The lowest BCUT2D eigenvalue weighted by Crippen LogP contribution is -2.38. The van der Waals surface area contributed by atoms with Gasteiger partial charge in [-0.1, -0.05) is 38.5 Å². The van der Waals surface area contributed by atoms with Gasteiger partial charge in [-0.25, -0.2) is 4.98 Å². The fraction of sp³-hybridized carbons (Fsp3) is 0.667. The Hall–Kier alpha value is -0.910. The Morgan fingerprint density at radius 1 is 1.35 bits per heavy atom. The van der Waals surface area contributed by atoms with Gasteiger partial charge in [0.1, 0.15) is 0 Å². The third-order valence-electron chi connectivity index (χ3n) is 4.43. The molecule has 1 saturated carbocycles. The van der Waals surface area contributed by atoms with E-state index in [1.807, 2.05) is 0 Å². The molecule has 2 aromatic heterocycles. The summed E-state index contributed by atoms with van der Waals surface area (Å²) in [6.45, 7) is 0. The van der Waals surface area contributed by atoms with Crippen molar-refractivity contribution < 1.29 is 0 Å². The summed E-state index contributed by atoms with van der Waals surface area (Å²) < 4.78 is 2.10. The average molecular weight is 292 g/mol. The van der Waals surface area contributed by atoms with Crippen molar-refractivity contribution in [2.45, 2.75) is 57.4 Å². The number of rotatable bonds is 5. The summed E-state index contributed by atoms with van der Waals surface area (Å²) in [4.78, 5) is 5.73. The molecule has 110 valence electrons. The van der Waals surface area contributed by atoms with E-state index in [1.54, 1.807) is 11.3 Å². The SMILES string of the molecule is NNC(Cc1cn2ccsc2n1)CC1CCCCCC1. The van der Waals surface area contributed by atoms with Gasteiger partial charge in [0.2, 0.25) is 0 Å². The molecule has 0 bridgehead atoms. The van der Waals surface area contributed by atoms with Gasteiger partial charge in [0.15, 0.2) is 4.96 Å². The predicted molar refractivity (Wildman–Crippen MR) is 83.7 cm³/mol. The number of imidazole rings is 1. The van der Waals surface area contributed by atoms with Crippen molar-refractivity contribution in [1.82, 2.24) is 14.8 Å². The highest BCUT2D eigenvalue weighted by atomic mass is 32.1. The number of fused-ring (bicyclic) bond motifs is 1. The Kier molecular flexibility index (Phi) is 4.70. The van der Waals surface area contributed by atoms with Gasteiger partial charge in [-0.3, -0.25) is 15.7 Å². The van der Waals surface area contributed by atoms with Crippen LogP contribution >= 0.6 is 11.3 Å². The largest absolute Gasteiger partial charge is 0.297 e. The number of thiazole rings is 1. The first-order valence-electron chi connectivity index (χ1n) is 7.72. The van der Waals surface area contributed by atoms with Gasteiger partial charge in [-0.05, 0) is 12.3 Å². The predicted octanol–water partition coefficient (Wildman–Crippen LogP) is 3.13. The van der Waals surface area contributed by atoms with Crippen molar-refractivity contribution in [2.75, 3.05) is 0 Å². The van der Waals surface area contributed by atoms with Crippen molar-refractivity contribution >= 4 is 16.3 Å². The average Bonchev–Trinajstić information content (AvgIpc) is 2.92. The van der Waals surface area contributed by atoms with E-state index in [4.69, 9.17) is 5.84 Å². The molecule has 3 rings (SSSR count). The first-order chi connectivity index (χ1) is 9.85. The fourth-order valence-electron chi connectivity index (χ4n) is 3.34. The number of hydrazine groups is 1. The topological polar surface area (TPSA) is 55.3 Å². The van der Waals surface area contributed by atoms with Crippen LogP contribution in [0.1, 0.15) is 50.6 Å². The van der Waals surface area contributed by atoms with Crippen molar-refractivity contribution in [2.24, 2.45) is 11.8 Å². The third-order valence-corrected chi connectivity index (χ3v) is 5.20. The molecule has 1 atom stereocenters. The Balaban J connectivity index is 1.59. The Morgan fingerprint density at radius 3 is 2.85 bits per heavy atom. The highest BCUT2D eigenvalue weighted by Crippen LogP contribution is 2.27. The molecular weight excluding hydrogens is 268 g/mol. The van der Waals surface area contributed by atoms with Crippen LogP contribution in [0.4, 0.5) is 0 Å². The summed E-state index contributed by atoms with van der Waals surface area (Å²) in [6.07, 6.45) is 14.7. The first kappa shape index (κ1) is 14.0. The summed E-state index contributed by atoms with van der Waals surface area (Å²) in [5, 5.41) is 2.07. The molecule has 5 heteroatoms.